The normalized spacial score (nSPS) is 17.0. The van der Waals surface area contributed by atoms with Crippen molar-refractivity contribution in [3.05, 3.63) is 16.1 Å². The molecule has 0 aromatic carbocycles. The van der Waals surface area contributed by atoms with Crippen LogP contribution in [-0.2, 0) is 23.0 Å². The summed E-state index contributed by atoms with van der Waals surface area (Å²) < 4.78 is 25.9. The van der Waals surface area contributed by atoms with Crippen molar-refractivity contribution in [2.75, 3.05) is 25.9 Å². The van der Waals surface area contributed by atoms with Crippen LogP contribution >= 0.6 is 35.3 Å². The molecule has 10 heteroatoms. The molecule has 1 aliphatic heterocycles. The minimum atomic E-state index is -3.08. The molecule has 1 saturated heterocycles. The molecule has 0 aliphatic carbocycles. The lowest BCUT2D eigenvalue weighted by atomic mass is 10.1. The number of hydrogen-bond donors (Lipinski definition) is 2. The summed E-state index contributed by atoms with van der Waals surface area (Å²) >= 11 is 1.68. The van der Waals surface area contributed by atoms with Crippen molar-refractivity contribution in [3.8, 4) is 0 Å². The summed E-state index contributed by atoms with van der Waals surface area (Å²) in [5.74, 6) is 0.975. The van der Waals surface area contributed by atoms with E-state index < -0.39 is 10.0 Å². The summed E-state index contributed by atoms with van der Waals surface area (Å²) in [4.78, 5) is 8.80. The summed E-state index contributed by atoms with van der Waals surface area (Å²) in [6.07, 6.45) is 3.20. The molecule has 0 spiro atoms. The standard InChI is InChI=1S/C16H29N5O2S2.HI/c1-4-10-25(22,23)21-8-6-13(7-9-21)20-16(17-3)18-11-14-12-24-15(5-2)19-14;/h12-13H,4-11H2,1-3H3,(H2,17,18,20);1H. The molecule has 0 radical (unpaired) electrons. The maximum atomic E-state index is 12.1. The third-order valence-corrected chi connectivity index (χ3v) is 7.33. The van der Waals surface area contributed by atoms with E-state index in [4.69, 9.17) is 0 Å². The number of thiazole rings is 1. The predicted octanol–water partition coefficient (Wildman–Crippen LogP) is 2.19. The zero-order valence-electron chi connectivity index (χ0n) is 15.7. The number of guanidine groups is 1. The molecule has 1 aliphatic rings. The Hall–Kier alpha value is -0.460. The Bertz CT molecular complexity index is 670. The maximum absolute atomic E-state index is 12.1. The maximum Gasteiger partial charge on any atom is 0.214 e. The van der Waals surface area contributed by atoms with Gasteiger partial charge in [-0.15, -0.1) is 35.3 Å². The number of sulfonamides is 1. The van der Waals surface area contributed by atoms with Gasteiger partial charge in [0.05, 0.1) is 23.0 Å². The fourth-order valence-corrected chi connectivity index (χ4v) is 5.11. The highest BCUT2D eigenvalue weighted by Crippen LogP contribution is 2.15. The number of aliphatic imine (C=N–C) groups is 1. The largest absolute Gasteiger partial charge is 0.354 e. The van der Waals surface area contributed by atoms with E-state index in [-0.39, 0.29) is 35.8 Å². The molecule has 0 unspecified atom stereocenters. The quantitative estimate of drug-likeness (QED) is 0.331. The number of aryl methyl sites for hydroxylation is 1. The molecular weight excluding hydrogens is 485 g/mol. The van der Waals surface area contributed by atoms with Crippen molar-refractivity contribution < 1.29 is 8.42 Å². The van der Waals surface area contributed by atoms with Gasteiger partial charge in [0.15, 0.2) is 5.96 Å². The van der Waals surface area contributed by atoms with Crippen molar-refractivity contribution in [3.63, 3.8) is 0 Å². The molecule has 2 N–H and O–H groups in total. The highest BCUT2D eigenvalue weighted by molar-refractivity contribution is 14.0. The molecule has 0 amide bonds. The molecule has 150 valence electrons. The van der Waals surface area contributed by atoms with Gasteiger partial charge in [0.25, 0.3) is 0 Å². The molecule has 7 nitrogen and oxygen atoms in total. The van der Waals surface area contributed by atoms with E-state index in [1.165, 1.54) is 0 Å². The molecule has 26 heavy (non-hydrogen) atoms. The van der Waals surface area contributed by atoms with Crippen LogP contribution in [0, 0.1) is 0 Å². The Morgan fingerprint density at radius 3 is 2.62 bits per heavy atom. The Morgan fingerprint density at radius 2 is 2.08 bits per heavy atom. The van der Waals surface area contributed by atoms with Gasteiger partial charge < -0.3 is 10.6 Å². The molecule has 0 saturated carbocycles. The number of piperidine rings is 1. The molecule has 1 aromatic rings. The Morgan fingerprint density at radius 1 is 1.38 bits per heavy atom. The van der Waals surface area contributed by atoms with E-state index >= 15 is 0 Å². The molecule has 0 atom stereocenters. The highest BCUT2D eigenvalue weighted by atomic mass is 127. The van der Waals surface area contributed by atoms with E-state index in [1.54, 1.807) is 22.7 Å². The van der Waals surface area contributed by atoms with Crippen molar-refractivity contribution >= 4 is 51.3 Å². The topological polar surface area (TPSA) is 86.7 Å². The first-order valence-corrected chi connectivity index (χ1v) is 11.4. The molecular formula is C16H30IN5O2S2. The van der Waals surface area contributed by atoms with Gasteiger partial charge in [0.1, 0.15) is 0 Å². The fraction of sp³-hybridized carbons (Fsp3) is 0.750. The molecule has 2 heterocycles. The second-order valence-corrected chi connectivity index (χ2v) is 9.18. The van der Waals surface area contributed by atoms with Gasteiger partial charge in [-0.2, -0.15) is 0 Å². The van der Waals surface area contributed by atoms with Crippen LogP contribution in [0.5, 0.6) is 0 Å². The molecule has 1 fully saturated rings. The van der Waals surface area contributed by atoms with Crippen LogP contribution in [-0.4, -0.2) is 55.6 Å². The van der Waals surface area contributed by atoms with Gasteiger partial charge in [-0.1, -0.05) is 13.8 Å². The third kappa shape index (κ3) is 6.93. The van der Waals surface area contributed by atoms with E-state index in [0.29, 0.717) is 26.1 Å². The lowest BCUT2D eigenvalue weighted by molar-refractivity contribution is 0.306. The van der Waals surface area contributed by atoms with Crippen LogP contribution in [0.2, 0.25) is 0 Å². The van der Waals surface area contributed by atoms with Gasteiger partial charge in [-0.3, -0.25) is 4.99 Å². The number of halogens is 1. The zero-order chi connectivity index (χ0) is 18.3. The summed E-state index contributed by atoms with van der Waals surface area (Å²) in [5.41, 5.74) is 1.02. The summed E-state index contributed by atoms with van der Waals surface area (Å²) in [5, 5.41) is 9.88. The van der Waals surface area contributed by atoms with Crippen molar-refractivity contribution in [1.82, 2.24) is 19.9 Å². The summed E-state index contributed by atoms with van der Waals surface area (Å²) in [6, 6.07) is 0.237. The van der Waals surface area contributed by atoms with Crippen LogP contribution < -0.4 is 10.6 Å². The Balaban J connectivity index is 0.00000338. The highest BCUT2D eigenvalue weighted by Gasteiger charge is 2.27. The SMILES string of the molecule is CCCS(=O)(=O)N1CCC(NC(=NC)NCc2csc(CC)n2)CC1.I. The van der Waals surface area contributed by atoms with Gasteiger partial charge in [0.2, 0.25) is 10.0 Å². The lowest BCUT2D eigenvalue weighted by Crippen LogP contribution is -2.49. The number of nitrogens with zero attached hydrogens (tertiary/aromatic N) is 3. The van der Waals surface area contributed by atoms with E-state index in [0.717, 1.165) is 35.9 Å². The van der Waals surface area contributed by atoms with Gasteiger partial charge >= 0.3 is 0 Å². The predicted molar refractivity (Wildman–Crippen MR) is 119 cm³/mol. The monoisotopic (exact) mass is 515 g/mol. The average molecular weight is 515 g/mol. The van der Waals surface area contributed by atoms with Gasteiger partial charge in [-0.25, -0.2) is 17.7 Å². The first kappa shape index (κ1) is 23.6. The van der Waals surface area contributed by atoms with Crippen molar-refractivity contribution in [2.24, 2.45) is 4.99 Å². The second-order valence-electron chi connectivity index (χ2n) is 6.15. The zero-order valence-corrected chi connectivity index (χ0v) is 19.7. The van der Waals surface area contributed by atoms with Crippen LogP contribution in [0.1, 0.15) is 43.8 Å². The van der Waals surface area contributed by atoms with Crippen molar-refractivity contribution in [1.29, 1.82) is 0 Å². The Kier molecular flexibility index (Phi) is 10.3. The number of rotatable bonds is 7. The first-order valence-electron chi connectivity index (χ1n) is 8.86. The summed E-state index contributed by atoms with van der Waals surface area (Å²) in [6.45, 7) is 5.78. The second kappa shape index (κ2) is 11.4. The number of hydrogen-bond acceptors (Lipinski definition) is 5. The molecule has 0 bridgehead atoms. The van der Waals surface area contributed by atoms with Gasteiger partial charge in [0, 0.05) is 31.6 Å². The minimum absolute atomic E-state index is 0. The smallest absolute Gasteiger partial charge is 0.214 e. The summed E-state index contributed by atoms with van der Waals surface area (Å²) in [7, 11) is -1.34. The van der Waals surface area contributed by atoms with E-state index in [9.17, 15) is 8.42 Å². The van der Waals surface area contributed by atoms with E-state index in [1.807, 2.05) is 6.92 Å². The van der Waals surface area contributed by atoms with Crippen molar-refractivity contribution in [2.45, 2.75) is 52.1 Å². The number of nitrogens with one attached hydrogen (secondary N) is 2. The van der Waals surface area contributed by atoms with Crippen LogP contribution in [0.4, 0.5) is 0 Å². The first-order chi connectivity index (χ1) is 12.0. The van der Waals surface area contributed by atoms with Crippen LogP contribution in [0.15, 0.2) is 10.4 Å². The fourth-order valence-electron chi connectivity index (χ4n) is 2.82. The van der Waals surface area contributed by atoms with Crippen LogP contribution in [0.25, 0.3) is 0 Å². The van der Waals surface area contributed by atoms with E-state index in [2.05, 4.69) is 32.9 Å². The Labute approximate surface area is 178 Å². The molecule has 2 rings (SSSR count). The minimum Gasteiger partial charge on any atom is -0.354 e. The third-order valence-electron chi connectivity index (χ3n) is 4.21. The molecule has 1 aromatic heterocycles. The average Bonchev–Trinajstić information content (AvgIpc) is 3.07. The van der Waals surface area contributed by atoms with Gasteiger partial charge in [-0.05, 0) is 25.7 Å². The van der Waals surface area contributed by atoms with Crippen LogP contribution in [0.3, 0.4) is 0 Å². The lowest BCUT2D eigenvalue weighted by Gasteiger charge is -2.32. The number of aromatic nitrogens is 1.